The van der Waals surface area contributed by atoms with Crippen molar-refractivity contribution in [2.45, 2.75) is 11.8 Å². The van der Waals surface area contributed by atoms with Gasteiger partial charge in [0.25, 0.3) is 0 Å². The average molecular weight is 500 g/mol. The molecule has 0 aliphatic heterocycles. The summed E-state index contributed by atoms with van der Waals surface area (Å²) in [5.41, 5.74) is 10.2. The van der Waals surface area contributed by atoms with Gasteiger partial charge in [0.1, 0.15) is 0 Å². The second-order valence-corrected chi connectivity index (χ2v) is 9.99. The zero-order chi connectivity index (χ0) is 26.3. The Kier molecular flexibility index (Phi) is 7.36. The van der Waals surface area contributed by atoms with Gasteiger partial charge < -0.3 is 0 Å². The van der Waals surface area contributed by atoms with Crippen LogP contribution in [0.25, 0.3) is 0 Å². The first kappa shape index (κ1) is 24.5. The Labute approximate surface area is 232 Å². The maximum Gasteiger partial charge on any atom is 0.0725 e. The standard InChI is InChI=1S/C39H31/c1-5-13-32(14-6-1)38(33-15-7-2-8-16-33)36-25-21-30(22-26-36)29-31-23-27-37(28-24-31)39(34-17-9-3-10-18-34)35-19-11-4-12-20-35/h1-29,38-39H/q+1. The molecule has 6 rings (SSSR count). The lowest BCUT2D eigenvalue weighted by molar-refractivity contribution is 0.975. The molecule has 0 aliphatic carbocycles. The van der Waals surface area contributed by atoms with Crippen molar-refractivity contribution < 1.29 is 0 Å². The molecule has 0 nitrogen and oxygen atoms in total. The average Bonchev–Trinajstić information content (AvgIpc) is 3.01. The molecule has 0 aromatic heterocycles. The minimum absolute atomic E-state index is 0.216. The topological polar surface area (TPSA) is 0 Å². The van der Waals surface area contributed by atoms with E-state index in [9.17, 15) is 0 Å². The van der Waals surface area contributed by atoms with Crippen LogP contribution in [0.5, 0.6) is 0 Å². The van der Waals surface area contributed by atoms with E-state index in [1.165, 1.54) is 44.5 Å². The van der Waals surface area contributed by atoms with E-state index in [1.54, 1.807) is 0 Å². The van der Waals surface area contributed by atoms with Gasteiger partial charge in [0, 0.05) is 42.5 Å². The zero-order valence-corrected chi connectivity index (χ0v) is 21.9. The minimum Gasteiger partial charge on any atom is -0.0622 e. The van der Waals surface area contributed by atoms with Crippen LogP contribution in [0.4, 0.5) is 0 Å². The second kappa shape index (κ2) is 11.7. The molecule has 0 spiro atoms. The van der Waals surface area contributed by atoms with Crippen molar-refractivity contribution in [2.24, 2.45) is 0 Å². The Morgan fingerprint density at radius 2 is 0.487 bits per heavy atom. The van der Waals surface area contributed by atoms with E-state index in [0.29, 0.717) is 0 Å². The fourth-order valence-corrected chi connectivity index (χ4v) is 5.50. The van der Waals surface area contributed by atoms with Gasteiger partial charge in [-0.05, 0) is 57.6 Å². The summed E-state index contributed by atoms with van der Waals surface area (Å²) >= 11 is 0. The molecule has 6 aromatic carbocycles. The lowest BCUT2D eigenvalue weighted by Gasteiger charge is -2.18. The van der Waals surface area contributed by atoms with Crippen molar-refractivity contribution in [3.63, 3.8) is 0 Å². The Hall–Kier alpha value is -4.81. The van der Waals surface area contributed by atoms with E-state index in [1.807, 2.05) is 0 Å². The molecular formula is C39H31+. The van der Waals surface area contributed by atoms with Gasteiger partial charge in [-0.15, -0.1) is 0 Å². The molecule has 0 bridgehead atoms. The number of hydrogen-bond donors (Lipinski definition) is 0. The van der Waals surface area contributed by atoms with Crippen LogP contribution in [-0.4, -0.2) is 0 Å². The van der Waals surface area contributed by atoms with E-state index in [0.717, 1.165) is 0 Å². The highest BCUT2D eigenvalue weighted by molar-refractivity contribution is 5.48. The lowest BCUT2D eigenvalue weighted by Crippen LogP contribution is -2.04. The third-order valence-electron chi connectivity index (χ3n) is 7.40. The van der Waals surface area contributed by atoms with Gasteiger partial charge in [-0.1, -0.05) is 121 Å². The monoisotopic (exact) mass is 499 g/mol. The number of hydrogen-bond acceptors (Lipinski definition) is 0. The molecule has 0 saturated carbocycles. The van der Waals surface area contributed by atoms with Crippen LogP contribution in [0.3, 0.4) is 0 Å². The molecule has 0 fully saturated rings. The highest BCUT2D eigenvalue weighted by Gasteiger charge is 2.19. The Bertz CT molecular complexity index is 1370. The molecule has 6 aromatic rings. The van der Waals surface area contributed by atoms with E-state index < -0.39 is 0 Å². The van der Waals surface area contributed by atoms with Crippen LogP contribution in [0.1, 0.15) is 56.3 Å². The highest BCUT2D eigenvalue weighted by Crippen LogP contribution is 2.34. The smallest absolute Gasteiger partial charge is 0.0622 e. The Morgan fingerprint density at radius 3 is 0.744 bits per heavy atom. The van der Waals surface area contributed by atoms with Crippen LogP contribution >= 0.6 is 0 Å². The maximum atomic E-state index is 2.27. The summed E-state index contributed by atoms with van der Waals surface area (Å²) in [6, 6.07) is 61.1. The summed E-state index contributed by atoms with van der Waals surface area (Å²) in [5, 5.41) is 0. The molecule has 186 valence electrons. The van der Waals surface area contributed by atoms with Crippen LogP contribution < -0.4 is 0 Å². The number of rotatable bonds is 8. The molecule has 0 heteroatoms. The first-order valence-corrected chi connectivity index (χ1v) is 13.6. The molecule has 0 amide bonds. The van der Waals surface area contributed by atoms with E-state index >= 15 is 0 Å². The molecule has 0 saturated heterocycles. The predicted octanol–water partition coefficient (Wildman–Crippen LogP) is 9.65. The quantitative estimate of drug-likeness (QED) is 0.144. The first-order valence-electron chi connectivity index (χ1n) is 13.6. The van der Waals surface area contributed by atoms with Gasteiger partial charge >= 0.3 is 0 Å². The molecular weight excluding hydrogens is 468 g/mol. The Balaban J connectivity index is 1.24. The van der Waals surface area contributed by atoms with Gasteiger partial charge in [0.15, 0.2) is 0 Å². The third kappa shape index (κ3) is 5.71. The van der Waals surface area contributed by atoms with Gasteiger partial charge in [-0.3, -0.25) is 0 Å². The minimum atomic E-state index is 0.216. The first-order chi connectivity index (χ1) is 19.3. The van der Waals surface area contributed by atoms with Gasteiger partial charge in [-0.25, -0.2) is 0 Å². The molecule has 39 heavy (non-hydrogen) atoms. The van der Waals surface area contributed by atoms with Crippen molar-refractivity contribution >= 4 is 0 Å². The van der Waals surface area contributed by atoms with Crippen molar-refractivity contribution in [1.82, 2.24) is 0 Å². The summed E-state index contributed by atoms with van der Waals surface area (Å²) in [6.07, 6.45) is 2.26. The van der Waals surface area contributed by atoms with Crippen LogP contribution in [0, 0.1) is 6.42 Å². The molecule has 0 radical (unpaired) electrons. The van der Waals surface area contributed by atoms with E-state index in [-0.39, 0.29) is 11.8 Å². The summed E-state index contributed by atoms with van der Waals surface area (Å²) in [7, 11) is 0. The van der Waals surface area contributed by atoms with Gasteiger partial charge in [0.05, 0.1) is 11.1 Å². The maximum absolute atomic E-state index is 2.27. The van der Waals surface area contributed by atoms with Gasteiger partial charge in [0.2, 0.25) is 0 Å². The van der Waals surface area contributed by atoms with Crippen molar-refractivity contribution in [1.29, 1.82) is 0 Å². The molecule has 0 N–H and O–H groups in total. The van der Waals surface area contributed by atoms with Crippen LogP contribution in [0.15, 0.2) is 170 Å². The predicted molar refractivity (Wildman–Crippen MR) is 163 cm³/mol. The molecule has 0 atom stereocenters. The van der Waals surface area contributed by atoms with Crippen molar-refractivity contribution in [3.8, 4) is 0 Å². The normalized spacial score (nSPS) is 11.0. The summed E-state index contributed by atoms with van der Waals surface area (Å²) in [4.78, 5) is 0. The lowest BCUT2D eigenvalue weighted by atomic mass is 9.84. The SMILES string of the molecule is c1ccc(C(c2ccccc2)c2ccc([CH+]c3ccc(C(c4ccccc4)c4ccccc4)cc3)cc2)cc1. The van der Waals surface area contributed by atoms with E-state index in [2.05, 4.69) is 176 Å². The molecule has 0 heterocycles. The summed E-state index contributed by atoms with van der Waals surface area (Å²) in [5.74, 6) is 0.433. The summed E-state index contributed by atoms with van der Waals surface area (Å²) in [6.45, 7) is 0. The summed E-state index contributed by atoms with van der Waals surface area (Å²) < 4.78 is 0. The second-order valence-electron chi connectivity index (χ2n) is 9.99. The largest absolute Gasteiger partial charge is 0.0725 e. The molecule has 0 unspecified atom stereocenters. The van der Waals surface area contributed by atoms with Crippen LogP contribution in [-0.2, 0) is 0 Å². The van der Waals surface area contributed by atoms with Crippen molar-refractivity contribution in [2.75, 3.05) is 0 Å². The highest BCUT2D eigenvalue weighted by atomic mass is 14.2. The van der Waals surface area contributed by atoms with Gasteiger partial charge in [-0.2, -0.15) is 0 Å². The molecule has 0 aliphatic rings. The fraction of sp³-hybridized carbons (Fsp3) is 0.0513. The van der Waals surface area contributed by atoms with Crippen molar-refractivity contribution in [3.05, 3.63) is 221 Å². The zero-order valence-electron chi connectivity index (χ0n) is 21.9. The Morgan fingerprint density at radius 1 is 0.256 bits per heavy atom. The van der Waals surface area contributed by atoms with E-state index in [4.69, 9.17) is 0 Å². The third-order valence-corrected chi connectivity index (χ3v) is 7.40. The van der Waals surface area contributed by atoms with Crippen LogP contribution in [0.2, 0.25) is 0 Å². The number of benzene rings is 6. The fourth-order valence-electron chi connectivity index (χ4n) is 5.50.